The number of likely N-dealkylation sites (tertiary alicyclic amines) is 2. The molecule has 30 heavy (non-hydrogen) atoms. The number of rotatable bonds is 7. The number of amides is 1. The van der Waals surface area contributed by atoms with E-state index in [0.717, 1.165) is 44.6 Å². The molecular weight excluding hydrogens is 377 g/mol. The van der Waals surface area contributed by atoms with E-state index >= 15 is 0 Å². The van der Waals surface area contributed by atoms with Crippen LogP contribution >= 0.6 is 0 Å². The van der Waals surface area contributed by atoms with E-state index in [1.54, 1.807) is 0 Å². The van der Waals surface area contributed by atoms with Crippen molar-refractivity contribution in [1.29, 1.82) is 0 Å². The number of nitrogens with one attached hydrogen (secondary N) is 1. The summed E-state index contributed by atoms with van der Waals surface area (Å²) in [5, 5.41) is 3.15. The molecule has 0 bridgehead atoms. The lowest BCUT2D eigenvalue weighted by atomic mass is 9.95. The van der Waals surface area contributed by atoms with Gasteiger partial charge in [0, 0.05) is 25.6 Å². The fraction of sp³-hybridized carbons (Fsp3) is 0.480. The van der Waals surface area contributed by atoms with Gasteiger partial charge in [-0.2, -0.15) is 0 Å². The minimum Gasteiger partial charge on any atom is -0.352 e. The largest absolute Gasteiger partial charge is 0.352 e. The Morgan fingerprint density at radius 3 is 2.23 bits per heavy atom. The Balaban J connectivity index is 1.21. The topological polar surface area (TPSA) is 35.6 Å². The van der Waals surface area contributed by atoms with Crippen LogP contribution in [0.2, 0.25) is 0 Å². The highest BCUT2D eigenvalue weighted by atomic mass is 19.1. The molecule has 2 aliphatic heterocycles. The number of halogens is 1. The molecule has 0 radical (unpaired) electrons. The van der Waals surface area contributed by atoms with Crippen molar-refractivity contribution in [1.82, 2.24) is 15.1 Å². The summed E-state index contributed by atoms with van der Waals surface area (Å²) in [7, 11) is 0. The zero-order valence-corrected chi connectivity index (χ0v) is 17.7. The van der Waals surface area contributed by atoms with Crippen LogP contribution in [0.25, 0.3) is 0 Å². The average molecular weight is 410 g/mol. The van der Waals surface area contributed by atoms with Gasteiger partial charge in [0.05, 0.1) is 0 Å². The van der Waals surface area contributed by atoms with Crippen molar-refractivity contribution in [3.05, 3.63) is 71.0 Å². The van der Waals surface area contributed by atoms with Gasteiger partial charge >= 0.3 is 0 Å². The van der Waals surface area contributed by atoms with Gasteiger partial charge in [0.25, 0.3) is 0 Å². The van der Waals surface area contributed by atoms with Crippen LogP contribution in [0.1, 0.15) is 42.4 Å². The van der Waals surface area contributed by atoms with E-state index in [1.165, 1.54) is 49.2 Å². The molecule has 2 aromatic carbocycles. The van der Waals surface area contributed by atoms with E-state index < -0.39 is 0 Å². The van der Waals surface area contributed by atoms with Gasteiger partial charge in [-0.3, -0.25) is 14.6 Å². The molecule has 2 fully saturated rings. The summed E-state index contributed by atoms with van der Waals surface area (Å²) in [6, 6.07) is 15.3. The maximum absolute atomic E-state index is 13.1. The molecule has 160 valence electrons. The van der Waals surface area contributed by atoms with Gasteiger partial charge in [-0.05, 0) is 80.7 Å². The van der Waals surface area contributed by atoms with Crippen LogP contribution in [-0.2, 0) is 24.4 Å². The first-order valence-corrected chi connectivity index (χ1v) is 11.2. The Labute approximate surface area is 179 Å². The molecule has 0 saturated carbocycles. The Hall–Kier alpha value is -2.24. The van der Waals surface area contributed by atoms with E-state index in [-0.39, 0.29) is 17.6 Å². The lowest BCUT2D eigenvalue weighted by Crippen LogP contribution is -2.40. The maximum Gasteiger partial charge on any atom is 0.223 e. The molecule has 2 aliphatic rings. The lowest BCUT2D eigenvalue weighted by Gasteiger charge is -2.31. The molecule has 5 heteroatoms. The summed E-state index contributed by atoms with van der Waals surface area (Å²) >= 11 is 0. The van der Waals surface area contributed by atoms with Crippen LogP contribution < -0.4 is 5.32 Å². The number of benzene rings is 2. The van der Waals surface area contributed by atoms with E-state index in [9.17, 15) is 9.18 Å². The minimum absolute atomic E-state index is 0.0854. The van der Waals surface area contributed by atoms with E-state index in [1.807, 2.05) is 12.1 Å². The summed E-state index contributed by atoms with van der Waals surface area (Å²) in [5.41, 5.74) is 3.62. The van der Waals surface area contributed by atoms with Crippen molar-refractivity contribution >= 4 is 5.91 Å². The number of carbonyl (C=O) groups excluding carboxylic acids is 1. The summed E-state index contributed by atoms with van der Waals surface area (Å²) in [5.74, 6) is 0.0549. The summed E-state index contributed by atoms with van der Waals surface area (Å²) in [6.45, 7) is 6.62. The first kappa shape index (κ1) is 21.0. The second-order valence-corrected chi connectivity index (χ2v) is 8.70. The minimum atomic E-state index is -0.198. The molecule has 2 saturated heterocycles. The van der Waals surface area contributed by atoms with Crippen LogP contribution in [-0.4, -0.2) is 41.9 Å². The van der Waals surface area contributed by atoms with Gasteiger partial charge in [-0.1, -0.05) is 36.4 Å². The molecule has 2 aromatic rings. The highest BCUT2D eigenvalue weighted by Gasteiger charge is 2.24. The van der Waals surface area contributed by atoms with E-state index in [2.05, 4.69) is 39.4 Å². The average Bonchev–Trinajstić information content (AvgIpc) is 3.27. The molecule has 4 nitrogen and oxygen atoms in total. The van der Waals surface area contributed by atoms with Crippen LogP contribution in [0.5, 0.6) is 0 Å². The van der Waals surface area contributed by atoms with Crippen LogP contribution in [0.15, 0.2) is 48.5 Å². The molecule has 0 spiro atoms. The number of piperidine rings is 1. The third-order valence-corrected chi connectivity index (χ3v) is 6.34. The molecule has 1 amide bonds. The quantitative estimate of drug-likeness (QED) is 0.752. The summed E-state index contributed by atoms with van der Waals surface area (Å²) in [6.07, 6.45) is 4.36. The Morgan fingerprint density at radius 1 is 0.867 bits per heavy atom. The van der Waals surface area contributed by atoms with Gasteiger partial charge in [0.1, 0.15) is 5.82 Å². The Kier molecular flexibility index (Phi) is 7.13. The Bertz CT molecular complexity index is 825. The second-order valence-electron chi connectivity index (χ2n) is 8.70. The smallest absolute Gasteiger partial charge is 0.223 e. The number of hydrogen-bond donors (Lipinski definition) is 1. The zero-order valence-electron chi connectivity index (χ0n) is 17.7. The predicted octanol–water partition coefficient (Wildman–Crippen LogP) is 3.95. The lowest BCUT2D eigenvalue weighted by molar-refractivity contribution is -0.126. The van der Waals surface area contributed by atoms with Crippen molar-refractivity contribution in [3.63, 3.8) is 0 Å². The molecule has 4 rings (SSSR count). The second kappa shape index (κ2) is 10.2. The Morgan fingerprint density at radius 2 is 1.50 bits per heavy atom. The molecule has 1 N–H and O–H groups in total. The van der Waals surface area contributed by atoms with Crippen LogP contribution in [0.4, 0.5) is 4.39 Å². The van der Waals surface area contributed by atoms with Crippen molar-refractivity contribution < 1.29 is 9.18 Å². The molecule has 2 heterocycles. The summed E-state index contributed by atoms with van der Waals surface area (Å²) < 4.78 is 13.1. The van der Waals surface area contributed by atoms with Crippen molar-refractivity contribution in [3.8, 4) is 0 Å². The third-order valence-electron chi connectivity index (χ3n) is 6.34. The first-order valence-electron chi connectivity index (χ1n) is 11.2. The van der Waals surface area contributed by atoms with E-state index in [0.29, 0.717) is 6.54 Å². The first-order chi connectivity index (χ1) is 14.7. The predicted molar refractivity (Wildman–Crippen MR) is 117 cm³/mol. The SMILES string of the molecule is O=C(NCc1cccc(CN2CCCC2)c1)C1CCN(Cc2ccc(F)cc2)CC1. The highest BCUT2D eigenvalue weighted by Crippen LogP contribution is 2.20. The molecular formula is C25H32FN3O. The zero-order chi connectivity index (χ0) is 20.8. The van der Waals surface area contributed by atoms with Gasteiger partial charge in [-0.25, -0.2) is 4.39 Å². The molecule has 0 atom stereocenters. The third kappa shape index (κ3) is 5.89. The van der Waals surface area contributed by atoms with Crippen molar-refractivity contribution in [2.24, 2.45) is 5.92 Å². The maximum atomic E-state index is 13.1. The molecule has 0 unspecified atom stereocenters. The highest BCUT2D eigenvalue weighted by molar-refractivity contribution is 5.78. The number of carbonyl (C=O) groups is 1. The number of nitrogens with zero attached hydrogens (tertiary/aromatic N) is 2. The molecule has 0 aliphatic carbocycles. The van der Waals surface area contributed by atoms with E-state index in [4.69, 9.17) is 0 Å². The standard InChI is InChI=1S/C25H32FN3O/c26-24-8-6-20(7-9-24)18-29-14-10-23(11-15-29)25(30)27-17-21-4-3-5-22(16-21)19-28-12-1-2-13-28/h3-9,16,23H,1-2,10-15,17-19H2,(H,27,30). The molecule has 0 aromatic heterocycles. The van der Waals surface area contributed by atoms with Crippen molar-refractivity contribution in [2.45, 2.75) is 45.3 Å². The van der Waals surface area contributed by atoms with Crippen LogP contribution in [0.3, 0.4) is 0 Å². The van der Waals surface area contributed by atoms with Gasteiger partial charge in [0.2, 0.25) is 5.91 Å². The normalized spacial score (nSPS) is 18.6. The fourth-order valence-electron chi connectivity index (χ4n) is 4.57. The van der Waals surface area contributed by atoms with Crippen LogP contribution in [0, 0.1) is 11.7 Å². The van der Waals surface area contributed by atoms with Gasteiger partial charge in [0.15, 0.2) is 0 Å². The monoisotopic (exact) mass is 409 g/mol. The number of hydrogen-bond acceptors (Lipinski definition) is 3. The van der Waals surface area contributed by atoms with Crippen molar-refractivity contribution in [2.75, 3.05) is 26.2 Å². The van der Waals surface area contributed by atoms with Gasteiger partial charge < -0.3 is 5.32 Å². The van der Waals surface area contributed by atoms with Gasteiger partial charge in [-0.15, -0.1) is 0 Å². The fourth-order valence-corrected chi connectivity index (χ4v) is 4.57. The summed E-state index contributed by atoms with van der Waals surface area (Å²) in [4.78, 5) is 17.5.